The van der Waals surface area contributed by atoms with Gasteiger partial charge in [-0.1, -0.05) is 6.07 Å². The molecule has 1 aromatic rings. The minimum absolute atomic E-state index is 0.0680. The number of rotatable bonds is 5. The predicted octanol–water partition coefficient (Wildman–Crippen LogP) is 2.45. The summed E-state index contributed by atoms with van der Waals surface area (Å²) in [4.78, 5) is 15.4. The highest BCUT2D eigenvalue weighted by atomic mass is 19.3. The van der Waals surface area contributed by atoms with Crippen LogP contribution in [0.15, 0.2) is 18.3 Å². The number of aliphatic hydroxyl groups excluding tert-OH is 1. The Hall–Kier alpha value is -1.76. The number of nitrogens with zero attached hydrogens (tertiary/aromatic N) is 1. The molecule has 1 aromatic heterocycles. The molecule has 5 nitrogen and oxygen atoms in total. The lowest BCUT2D eigenvalue weighted by atomic mass is 10.1. The number of alkyl halides is 2. The molecule has 0 aliphatic rings. The number of hydrogen-bond donors (Lipinski definition) is 2. The predicted molar refractivity (Wildman–Crippen MR) is 73.1 cm³/mol. The maximum Gasteiger partial charge on any atom is 0.407 e. The van der Waals surface area contributed by atoms with E-state index >= 15 is 0 Å². The van der Waals surface area contributed by atoms with Gasteiger partial charge in [0.25, 0.3) is 6.43 Å². The molecule has 0 fully saturated rings. The third-order valence-electron chi connectivity index (χ3n) is 2.51. The SMILES string of the molecule is CC(C)(C)OC(=O)NCCc1ncccc1C(O)C(F)F. The van der Waals surface area contributed by atoms with Crippen molar-refractivity contribution in [2.45, 2.75) is 45.3 Å². The van der Waals surface area contributed by atoms with Gasteiger partial charge >= 0.3 is 6.09 Å². The highest BCUT2D eigenvalue weighted by Gasteiger charge is 2.22. The number of carbonyl (C=O) groups excluding carboxylic acids is 1. The Balaban J connectivity index is 2.58. The van der Waals surface area contributed by atoms with Crippen molar-refractivity contribution in [2.24, 2.45) is 0 Å². The van der Waals surface area contributed by atoms with Gasteiger partial charge in [-0.3, -0.25) is 4.98 Å². The van der Waals surface area contributed by atoms with Crippen LogP contribution in [0.3, 0.4) is 0 Å². The molecule has 1 amide bonds. The summed E-state index contributed by atoms with van der Waals surface area (Å²) in [6.45, 7) is 5.39. The summed E-state index contributed by atoms with van der Waals surface area (Å²) >= 11 is 0. The van der Waals surface area contributed by atoms with Crippen molar-refractivity contribution >= 4 is 6.09 Å². The number of ether oxygens (including phenoxy) is 1. The highest BCUT2D eigenvalue weighted by molar-refractivity contribution is 5.67. The Bertz CT molecular complexity index is 476. The summed E-state index contributed by atoms with van der Waals surface area (Å²) < 4.78 is 30.2. The summed E-state index contributed by atoms with van der Waals surface area (Å²) in [7, 11) is 0. The molecule has 0 saturated carbocycles. The van der Waals surface area contributed by atoms with Gasteiger partial charge in [-0.25, -0.2) is 13.6 Å². The van der Waals surface area contributed by atoms with Gasteiger partial charge in [-0.05, 0) is 26.8 Å². The van der Waals surface area contributed by atoms with Crippen LogP contribution in [0.25, 0.3) is 0 Å². The van der Waals surface area contributed by atoms with Gasteiger partial charge < -0.3 is 15.2 Å². The fraction of sp³-hybridized carbons (Fsp3) is 0.571. The molecule has 0 saturated heterocycles. The number of halogens is 2. The van der Waals surface area contributed by atoms with E-state index in [1.807, 2.05) is 0 Å². The van der Waals surface area contributed by atoms with E-state index in [0.29, 0.717) is 5.69 Å². The van der Waals surface area contributed by atoms with E-state index in [2.05, 4.69) is 10.3 Å². The number of alkyl carbamates (subject to hydrolysis) is 1. The van der Waals surface area contributed by atoms with E-state index in [1.165, 1.54) is 18.3 Å². The van der Waals surface area contributed by atoms with Crippen LogP contribution in [-0.2, 0) is 11.2 Å². The number of hydrogen-bond acceptors (Lipinski definition) is 4. The second-order valence-electron chi connectivity index (χ2n) is 5.50. The lowest BCUT2D eigenvalue weighted by Crippen LogP contribution is -2.33. The Labute approximate surface area is 122 Å². The van der Waals surface area contributed by atoms with Crippen LogP contribution in [0.1, 0.15) is 38.1 Å². The zero-order valence-electron chi connectivity index (χ0n) is 12.3. The third kappa shape index (κ3) is 6.03. The minimum Gasteiger partial charge on any atom is -0.444 e. The zero-order valence-corrected chi connectivity index (χ0v) is 12.3. The average Bonchev–Trinajstić information content (AvgIpc) is 2.36. The lowest BCUT2D eigenvalue weighted by Gasteiger charge is -2.20. The first-order valence-electron chi connectivity index (χ1n) is 6.57. The summed E-state index contributed by atoms with van der Waals surface area (Å²) in [5.74, 6) is 0. The third-order valence-corrected chi connectivity index (χ3v) is 2.51. The van der Waals surface area contributed by atoms with Gasteiger partial charge in [0.15, 0.2) is 0 Å². The van der Waals surface area contributed by atoms with Crippen LogP contribution in [0.5, 0.6) is 0 Å². The van der Waals surface area contributed by atoms with Crippen LogP contribution in [0.2, 0.25) is 0 Å². The Morgan fingerprint density at radius 3 is 2.71 bits per heavy atom. The highest BCUT2D eigenvalue weighted by Crippen LogP contribution is 2.22. The van der Waals surface area contributed by atoms with Crippen molar-refractivity contribution in [1.29, 1.82) is 0 Å². The average molecular weight is 302 g/mol. The van der Waals surface area contributed by atoms with Crippen molar-refractivity contribution in [3.63, 3.8) is 0 Å². The van der Waals surface area contributed by atoms with Crippen LogP contribution < -0.4 is 5.32 Å². The van der Waals surface area contributed by atoms with E-state index in [0.717, 1.165) is 0 Å². The molecule has 1 atom stereocenters. The molecule has 0 aliphatic carbocycles. The molecule has 1 rings (SSSR count). The first kappa shape index (κ1) is 17.3. The number of aliphatic hydroxyl groups is 1. The summed E-state index contributed by atoms with van der Waals surface area (Å²) in [6.07, 6.45) is -3.68. The smallest absolute Gasteiger partial charge is 0.407 e. The first-order chi connectivity index (χ1) is 9.70. The van der Waals surface area contributed by atoms with Gasteiger partial charge in [0, 0.05) is 30.4 Å². The monoisotopic (exact) mass is 302 g/mol. The van der Waals surface area contributed by atoms with Crippen LogP contribution in [-0.4, -0.2) is 34.8 Å². The van der Waals surface area contributed by atoms with Crippen molar-refractivity contribution in [2.75, 3.05) is 6.54 Å². The number of carbonyl (C=O) groups is 1. The van der Waals surface area contributed by atoms with E-state index in [1.54, 1.807) is 20.8 Å². The molecular formula is C14H20F2N2O3. The first-order valence-corrected chi connectivity index (χ1v) is 6.57. The molecule has 1 unspecified atom stereocenters. The van der Waals surface area contributed by atoms with Crippen molar-refractivity contribution in [1.82, 2.24) is 10.3 Å². The molecule has 0 bridgehead atoms. The number of nitrogens with one attached hydrogen (secondary N) is 1. The topological polar surface area (TPSA) is 71.5 Å². The van der Waals surface area contributed by atoms with Crippen molar-refractivity contribution in [3.8, 4) is 0 Å². The van der Waals surface area contributed by atoms with Gasteiger partial charge in [-0.15, -0.1) is 0 Å². The van der Waals surface area contributed by atoms with Crippen LogP contribution in [0.4, 0.5) is 13.6 Å². The largest absolute Gasteiger partial charge is 0.444 e. The second-order valence-corrected chi connectivity index (χ2v) is 5.50. The van der Waals surface area contributed by atoms with E-state index in [9.17, 15) is 18.7 Å². The Morgan fingerprint density at radius 1 is 1.48 bits per heavy atom. The molecule has 118 valence electrons. The zero-order chi connectivity index (χ0) is 16.0. The van der Waals surface area contributed by atoms with Crippen LogP contribution >= 0.6 is 0 Å². The minimum atomic E-state index is -2.88. The number of pyridine rings is 1. The van der Waals surface area contributed by atoms with Gasteiger partial charge in [0.05, 0.1) is 0 Å². The molecule has 0 aliphatic heterocycles. The molecule has 0 aromatic carbocycles. The fourth-order valence-corrected chi connectivity index (χ4v) is 1.66. The molecule has 7 heteroatoms. The van der Waals surface area contributed by atoms with E-state index in [4.69, 9.17) is 4.74 Å². The maximum atomic E-state index is 12.6. The second kappa shape index (κ2) is 7.31. The van der Waals surface area contributed by atoms with Crippen LogP contribution in [0, 0.1) is 0 Å². The Morgan fingerprint density at radius 2 is 2.14 bits per heavy atom. The molecule has 2 N–H and O–H groups in total. The normalized spacial score (nSPS) is 13.1. The molecule has 1 heterocycles. The quantitative estimate of drug-likeness (QED) is 0.876. The molecule has 21 heavy (non-hydrogen) atoms. The molecular weight excluding hydrogens is 282 g/mol. The maximum absolute atomic E-state index is 12.6. The van der Waals surface area contributed by atoms with E-state index in [-0.39, 0.29) is 18.5 Å². The van der Waals surface area contributed by atoms with Gasteiger partial charge in [0.1, 0.15) is 11.7 Å². The Kier molecular flexibility index (Phi) is 6.02. The summed E-state index contributed by atoms with van der Waals surface area (Å²) in [5.41, 5.74) is -0.216. The van der Waals surface area contributed by atoms with Crippen molar-refractivity contribution in [3.05, 3.63) is 29.6 Å². The fourth-order valence-electron chi connectivity index (χ4n) is 1.66. The molecule has 0 spiro atoms. The molecule has 0 radical (unpaired) electrons. The summed E-state index contributed by atoms with van der Waals surface area (Å²) in [5, 5.41) is 12.0. The summed E-state index contributed by atoms with van der Waals surface area (Å²) in [6, 6.07) is 2.87. The standard InChI is InChI=1S/C14H20F2N2O3/c1-14(2,3)21-13(20)18-8-6-10-9(5-4-7-17-10)11(19)12(15)16/h4-5,7,11-12,19H,6,8H2,1-3H3,(H,18,20). The van der Waals surface area contributed by atoms with Crippen molar-refractivity contribution < 1.29 is 23.4 Å². The number of amides is 1. The lowest BCUT2D eigenvalue weighted by molar-refractivity contribution is -0.00651. The van der Waals surface area contributed by atoms with E-state index < -0.39 is 24.2 Å². The number of aromatic nitrogens is 1. The van der Waals surface area contributed by atoms with Gasteiger partial charge in [0.2, 0.25) is 0 Å². The van der Waals surface area contributed by atoms with Gasteiger partial charge in [-0.2, -0.15) is 0 Å².